The van der Waals surface area contributed by atoms with Crippen LogP contribution in [0, 0.1) is 6.92 Å². The van der Waals surface area contributed by atoms with E-state index in [1.54, 1.807) is 31.2 Å². The van der Waals surface area contributed by atoms with Crippen LogP contribution >= 0.6 is 0 Å². The molecule has 0 aromatic heterocycles. The molecular weight excluding hydrogens is 368 g/mol. The molecule has 6 heteroatoms. The van der Waals surface area contributed by atoms with Gasteiger partial charge in [-0.15, -0.1) is 0 Å². The molecule has 0 aliphatic carbocycles. The van der Waals surface area contributed by atoms with Gasteiger partial charge in [0.25, 0.3) is 0 Å². The SMILES string of the molecule is CCOC(=O)c1ccccc1N(CC(=O)Nc1c(C)cccc1C(C)C)C(C)=O. The highest BCUT2D eigenvalue weighted by atomic mass is 16.5. The summed E-state index contributed by atoms with van der Waals surface area (Å²) >= 11 is 0. The van der Waals surface area contributed by atoms with Crippen molar-refractivity contribution in [2.75, 3.05) is 23.4 Å². The molecule has 154 valence electrons. The number of carbonyl (C=O) groups is 3. The summed E-state index contributed by atoms with van der Waals surface area (Å²) in [7, 11) is 0. The minimum atomic E-state index is -0.532. The summed E-state index contributed by atoms with van der Waals surface area (Å²) in [6.07, 6.45) is 0. The highest BCUT2D eigenvalue weighted by molar-refractivity contribution is 6.06. The maximum absolute atomic E-state index is 12.8. The van der Waals surface area contributed by atoms with Gasteiger partial charge in [-0.2, -0.15) is 0 Å². The van der Waals surface area contributed by atoms with Gasteiger partial charge in [0.1, 0.15) is 6.54 Å². The molecule has 0 radical (unpaired) electrons. The lowest BCUT2D eigenvalue weighted by Gasteiger charge is -2.24. The fourth-order valence-corrected chi connectivity index (χ4v) is 3.12. The molecule has 2 aromatic rings. The van der Waals surface area contributed by atoms with E-state index < -0.39 is 5.97 Å². The summed E-state index contributed by atoms with van der Waals surface area (Å²) < 4.78 is 5.08. The van der Waals surface area contributed by atoms with Crippen LogP contribution in [0.25, 0.3) is 0 Å². The molecule has 0 aliphatic rings. The summed E-state index contributed by atoms with van der Waals surface area (Å²) in [5, 5.41) is 2.94. The molecule has 0 bridgehead atoms. The van der Waals surface area contributed by atoms with Gasteiger partial charge in [-0.05, 0) is 43.0 Å². The molecule has 2 rings (SSSR count). The largest absolute Gasteiger partial charge is 0.462 e. The number of ether oxygens (including phenoxy) is 1. The number of anilines is 2. The van der Waals surface area contributed by atoms with E-state index in [1.807, 2.05) is 25.1 Å². The Balaban J connectivity index is 2.31. The molecule has 2 aromatic carbocycles. The van der Waals surface area contributed by atoms with Crippen molar-refractivity contribution >= 4 is 29.2 Å². The highest BCUT2D eigenvalue weighted by Gasteiger charge is 2.23. The van der Waals surface area contributed by atoms with E-state index in [1.165, 1.54) is 11.8 Å². The van der Waals surface area contributed by atoms with Gasteiger partial charge in [0.2, 0.25) is 11.8 Å². The lowest BCUT2D eigenvalue weighted by atomic mass is 9.98. The van der Waals surface area contributed by atoms with Crippen LogP contribution in [0.3, 0.4) is 0 Å². The number of para-hydroxylation sites is 2. The fourth-order valence-electron chi connectivity index (χ4n) is 3.12. The monoisotopic (exact) mass is 396 g/mol. The number of esters is 1. The highest BCUT2D eigenvalue weighted by Crippen LogP contribution is 2.28. The third-order valence-electron chi connectivity index (χ3n) is 4.56. The van der Waals surface area contributed by atoms with Gasteiger partial charge in [-0.3, -0.25) is 9.59 Å². The molecule has 0 fully saturated rings. The Morgan fingerprint density at radius 3 is 2.38 bits per heavy atom. The Kier molecular flexibility index (Phi) is 7.53. The van der Waals surface area contributed by atoms with Crippen molar-refractivity contribution in [3.63, 3.8) is 0 Å². The average molecular weight is 396 g/mol. The Labute approximate surface area is 171 Å². The summed E-state index contributed by atoms with van der Waals surface area (Å²) in [5.74, 6) is -0.977. The molecule has 0 saturated heterocycles. The molecule has 2 amide bonds. The maximum atomic E-state index is 12.8. The average Bonchev–Trinajstić information content (AvgIpc) is 2.67. The molecule has 6 nitrogen and oxygen atoms in total. The van der Waals surface area contributed by atoms with E-state index in [-0.39, 0.29) is 36.4 Å². The number of benzene rings is 2. The number of rotatable bonds is 7. The molecule has 0 spiro atoms. The predicted octanol–water partition coefficient (Wildman–Crippen LogP) is 4.29. The first-order chi connectivity index (χ1) is 13.8. The van der Waals surface area contributed by atoms with Crippen LogP contribution in [0.2, 0.25) is 0 Å². The van der Waals surface area contributed by atoms with Crippen LogP contribution in [0.15, 0.2) is 42.5 Å². The number of carbonyl (C=O) groups excluding carboxylic acids is 3. The zero-order valence-electron chi connectivity index (χ0n) is 17.6. The lowest BCUT2D eigenvalue weighted by molar-refractivity contribution is -0.120. The second kappa shape index (κ2) is 9.87. The van der Waals surface area contributed by atoms with Crippen LogP contribution < -0.4 is 10.2 Å². The normalized spacial score (nSPS) is 10.6. The van der Waals surface area contributed by atoms with E-state index in [9.17, 15) is 14.4 Å². The summed E-state index contributed by atoms with van der Waals surface area (Å²) in [6.45, 7) is 9.13. The van der Waals surface area contributed by atoms with Gasteiger partial charge in [0.05, 0.1) is 17.9 Å². The van der Waals surface area contributed by atoms with Gasteiger partial charge in [0.15, 0.2) is 0 Å². The van der Waals surface area contributed by atoms with Crippen LogP contribution in [-0.2, 0) is 14.3 Å². The van der Waals surface area contributed by atoms with Crippen molar-refractivity contribution in [2.24, 2.45) is 0 Å². The second-order valence-electron chi connectivity index (χ2n) is 7.08. The van der Waals surface area contributed by atoms with E-state index in [0.29, 0.717) is 5.69 Å². The molecular formula is C23H28N2O4. The molecule has 1 N–H and O–H groups in total. The van der Waals surface area contributed by atoms with Crippen molar-refractivity contribution in [1.82, 2.24) is 0 Å². The van der Waals surface area contributed by atoms with Crippen LogP contribution in [0.1, 0.15) is 55.1 Å². The summed E-state index contributed by atoms with van der Waals surface area (Å²) in [4.78, 5) is 38.7. The zero-order chi connectivity index (χ0) is 21.6. The van der Waals surface area contributed by atoms with E-state index in [0.717, 1.165) is 16.8 Å². The van der Waals surface area contributed by atoms with Crippen molar-refractivity contribution in [3.05, 3.63) is 59.2 Å². The van der Waals surface area contributed by atoms with E-state index in [2.05, 4.69) is 19.2 Å². The first-order valence-corrected chi connectivity index (χ1v) is 9.69. The molecule has 0 unspecified atom stereocenters. The van der Waals surface area contributed by atoms with Crippen molar-refractivity contribution in [1.29, 1.82) is 0 Å². The number of hydrogen-bond acceptors (Lipinski definition) is 4. The maximum Gasteiger partial charge on any atom is 0.340 e. The molecule has 0 aliphatic heterocycles. The van der Waals surface area contributed by atoms with Gasteiger partial charge in [0, 0.05) is 12.6 Å². The Bertz CT molecular complexity index is 906. The number of aryl methyl sites for hydroxylation is 1. The standard InChI is InChI=1S/C23H28N2O4/c1-6-29-23(28)19-11-7-8-13-20(19)25(17(5)26)14-21(27)24-22-16(4)10-9-12-18(22)15(2)3/h7-13,15H,6,14H2,1-5H3,(H,24,27). The van der Waals surface area contributed by atoms with Crippen molar-refractivity contribution in [2.45, 2.75) is 40.5 Å². The van der Waals surface area contributed by atoms with Gasteiger partial charge < -0.3 is 15.0 Å². The smallest absolute Gasteiger partial charge is 0.340 e. The first-order valence-electron chi connectivity index (χ1n) is 9.69. The van der Waals surface area contributed by atoms with Crippen molar-refractivity contribution < 1.29 is 19.1 Å². The minimum absolute atomic E-state index is 0.211. The predicted molar refractivity (Wildman–Crippen MR) is 114 cm³/mol. The number of hydrogen-bond donors (Lipinski definition) is 1. The zero-order valence-corrected chi connectivity index (χ0v) is 17.6. The Morgan fingerprint density at radius 1 is 1.07 bits per heavy atom. The fraction of sp³-hybridized carbons (Fsp3) is 0.348. The topological polar surface area (TPSA) is 75.7 Å². The van der Waals surface area contributed by atoms with Gasteiger partial charge in [-0.25, -0.2) is 4.79 Å². The minimum Gasteiger partial charge on any atom is -0.462 e. The molecule has 0 saturated carbocycles. The molecule has 0 heterocycles. The van der Waals surface area contributed by atoms with Crippen LogP contribution in [-0.4, -0.2) is 30.9 Å². The molecule has 0 atom stereocenters. The Morgan fingerprint density at radius 2 is 1.76 bits per heavy atom. The van der Waals surface area contributed by atoms with Crippen LogP contribution in [0.5, 0.6) is 0 Å². The third-order valence-corrected chi connectivity index (χ3v) is 4.56. The Hall–Kier alpha value is -3.15. The number of nitrogens with zero attached hydrogens (tertiary/aromatic N) is 1. The summed E-state index contributed by atoms with van der Waals surface area (Å²) in [5.41, 5.74) is 3.33. The van der Waals surface area contributed by atoms with Gasteiger partial charge >= 0.3 is 5.97 Å². The summed E-state index contributed by atoms with van der Waals surface area (Å²) in [6, 6.07) is 12.5. The van der Waals surface area contributed by atoms with Crippen LogP contribution in [0.4, 0.5) is 11.4 Å². The number of amides is 2. The molecule has 29 heavy (non-hydrogen) atoms. The van der Waals surface area contributed by atoms with Gasteiger partial charge in [-0.1, -0.05) is 44.2 Å². The quantitative estimate of drug-likeness (QED) is 0.709. The van der Waals surface area contributed by atoms with E-state index in [4.69, 9.17) is 4.74 Å². The lowest BCUT2D eigenvalue weighted by Crippen LogP contribution is -2.38. The van der Waals surface area contributed by atoms with Crippen molar-refractivity contribution in [3.8, 4) is 0 Å². The third kappa shape index (κ3) is 5.44. The van der Waals surface area contributed by atoms with E-state index >= 15 is 0 Å². The number of nitrogens with one attached hydrogen (secondary N) is 1. The second-order valence-corrected chi connectivity index (χ2v) is 7.08. The first kappa shape index (κ1) is 22.1.